The van der Waals surface area contributed by atoms with Crippen LogP contribution in [0.4, 0.5) is 4.79 Å². The predicted octanol–water partition coefficient (Wildman–Crippen LogP) is 3.45. The first-order valence-corrected chi connectivity index (χ1v) is 9.06. The van der Waals surface area contributed by atoms with Crippen molar-refractivity contribution in [3.05, 3.63) is 59.7 Å². The van der Waals surface area contributed by atoms with E-state index in [1.54, 1.807) is 5.48 Å². The van der Waals surface area contributed by atoms with Gasteiger partial charge in [0.25, 0.3) is 5.91 Å². The smallest absolute Gasteiger partial charge is 0.407 e. The van der Waals surface area contributed by atoms with E-state index in [-0.39, 0.29) is 18.4 Å². The first-order valence-electron chi connectivity index (χ1n) is 9.06. The summed E-state index contributed by atoms with van der Waals surface area (Å²) in [4.78, 5) is 24.0. The summed E-state index contributed by atoms with van der Waals surface area (Å²) in [7, 11) is 0. The van der Waals surface area contributed by atoms with Gasteiger partial charge in [-0.2, -0.15) is 0 Å². The number of ether oxygens (including phenoxy) is 1. The molecule has 0 spiro atoms. The molecule has 0 heterocycles. The highest BCUT2D eigenvalue weighted by Gasteiger charge is 2.29. The summed E-state index contributed by atoms with van der Waals surface area (Å²) in [5.41, 5.74) is 6.14. The summed E-state index contributed by atoms with van der Waals surface area (Å²) in [6.45, 7) is 4.03. The van der Waals surface area contributed by atoms with Crippen LogP contribution in [-0.2, 0) is 9.53 Å². The summed E-state index contributed by atoms with van der Waals surface area (Å²) < 4.78 is 5.43. The minimum atomic E-state index is -0.842. The zero-order valence-corrected chi connectivity index (χ0v) is 15.4. The number of fused-ring (bicyclic) bond motifs is 3. The molecule has 0 bridgehead atoms. The number of nitrogens with one attached hydrogen (secondary N) is 2. The van der Waals surface area contributed by atoms with Crippen LogP contribution in [0.25, 0.3) is 11.1 Å². The maximum Gasteiger partial charge on any atom is 0.407 e. The van der Waals surface area contributed by atoms with Crippen LogP contribution in [-0.4, -0.2) is 29.9 Å². The lowest BCUT2D eigenvalue weighted by Gasteiger charge is -2.19. The molecule has 3 N–H and O–H groups in total. The zero-order valence-electron chi connectivity index (χ0n) is 15.4. The van der Waals surface area contributed by atoms with Gasteiger partial charge in [0.1, 0.15) is 12.6 Å². The average molecular weight is 368 g/mol. The van der Waals surface area contributed by atoms with E-state index in [4.69, 9.17) is 9.94 Å². The molecular weight excluding hydrogens is 344 g/mol. The van der Waals surface area contributed by atoms with E-state index in [0.29, 0.717) is 6.42 Å². The first-order chi connectivity index (χ1) is 13.0. The van der Waals surface area contributed by atoms with Crippen molar-refractivity contribution in [2.24, 2.45) is 5.92 Å². The van der Waals surface area contributed by atoms with Crippen LogP contribution in [0.2, 0.25) is 0 Å². The molecule has 6 nitrogen and oxygen atoms in total. The number of alkyl carbamates (subject to hydrolysis) is 1. The standard InChI is InChI=1S/C21H24N2O4/c1-13(2)11-19(20(24)23-26)22-21(25)27-12-18-16-9-5-3-7-14(16)15-8-4-6-10-17(15)18/h3-10,13,18-19,26H,11-12H2,1-2H3,(H,22,25)(H,23,24). The minimum Gasteiger partial charge on any atom is -0.449 e. The summed E-state index contributed by atoms with van der Waals surface area (Å²) in [6.07, 6.45) is -0.276. The van der Waals surface area contributed by atoms with Crippen molar-refractivity contribution in [2.75, 3.05) is 6.61 Å². The van der Waals surface area contributed by atoms with E-state index in [2.05, 4.69) is 17.4 Å². The second-order valence-electron chi connectivity index (χ2n) is 7.13. The predicted molar refractivity (Wildman–Crippen MR) is 101 cm³/mol. The third-order valence-corrected chi connectivity index (χ3v) is 4.77. The van der Waals surface area contributed by atoms with Crippen molar-refractivity contribution in [3.8, 4) is 11.1 Å². The van der Waals surface area contributed by atoms with Crippen LogP contribution in [0, 0.1) is 5.92 Å². The van der Waals surface area contributed by atoms with Crippen molar-refractivity contribution in [1.29, 1.82) is 0 Å². The van der Waals surface area contributed by atoms with Crippen LogP contribution >= 0.6 is 0 Å². The normalized spacial score (nSPS) is 13.6. The monoisotopic (exact) mass is 368 g/mol. The first kappa shape index (κ1) is 18.9. The Labute approximate surface area is 158 Å². The Hall–Kier alpha value is -2.86. The molecule has 142 valence electrons. The lowest BCUT2D eigenvalue weighted by atomic mass is 9.98. The van der Waals surface area contributed by atoms with Gasteiger partial charge in [-0.15, -0.1) is 0 Å². The molecule has 2 amide bonds. The number of carbonyl (C=O) groups excluding carboxylic acids is 2. The molecule has 0 aromatic heterocycles. The van der Waals surface area contributed by atoms with Gasteiger partial charge >= 0.3 is 6.09 Å². The maximum atomic E-state index is 12.2. The van der Waals surface area contributed by atoms with Gasteiger partial charge in [0.05, 0.1) is 0 Å². The molecule has 6 heteroatoms. The van der Waals surface area contributed by atoms with Crippen LogP contribution < -0.4 is 10.8 Å². The number of benzene rings is 2. The number of rotatable bonds is 6. The largest absolute Gasteiger partial charge is 0.449 e. The van der Waals surface area contributed by atoms with Gasteiger partial charge < -0.3 is 10.1 Å². The summed E-state index contributed by atoms with van der Waals surface area (Å²) >= 11 is 0. The van der Waals surface area contributed by atoms with Crippen molar-refractivity contribution in [2.45, 2.75) is 32.2 Å². The third-order valence-electron chi connectivity index (χ3n) is 4.77. The van der Waals surface area contributed by atoms with Gasteiger partial charge in [0.2, 0.25) is 0 Å². The summed E-state index contributed by atoms with van der Waals surface area (Å²) in [5, 5.41) is 11.4. The molecule has 27 heavy (non-hydrogen) atoms. The van der Waals surface area contributed by atoms with Crippen LogP contribution in [0.15, 0.2) is 48.5 Å². The number of hydroxylamine groups is 1. The topological polar surface area (TPSA) is 87.7 Å². The zero-order chi connectivity index (χ0) is 19.4. The molecule has 2 aromatic rings. The van der Waals surface area contributed by atoms with E-state index in [1.807, 2.05) is 50.2 Å². The molecule has 0 radical (unpaired) electrons. The lowest BCUT2D eigenvalue weighted by Crippen LogP contribution is -2.46. The van der Waals surface area contributed by atoms with Crippen LogP contribution in [0.5, 0.6) is 0 Å². The van der Waals surface area contributed by atoms with Crippen molar-refractivity contribution in [1.82, 2.24) is 10.8 Å². The highest BCUT2D eigenvalue weighted by atomic mass is 16.5. The number of hydrogen-bond acceptors (Lipinski definition) is 4. The van der Waals surface area contributed by atoms with E-state index >= 15 is 0 Å². The maximum absolute atomic E-state index is 12.2. The average Bonchev–Trinajstić information content (AvgIpc) is 2.99. The van der Waals surface area contributed by atoms with Gasteiger partial charge in [0.15, 0.2) is 0 Å². The molecular formula is C21H24N2O4. The Balaban J connectivity index is 1.69. The molecule has 0 saturated heterocycles. The Bertz CT molecular complexity index is 789. The van der Waals surface area contributed by atoms with Gasteiger partial charge in [-0.25, -0.2) is 10.3 Å². The molecule has 1 aliphatic rings. The Morgan fingerprint density at radius 2 is 1.59 bits per heavy atom. The second kappa shape index (κ2) is 8.22. The van der Waals surface area contributed by atoms with Gasteiger partial charge in [-0.1, -0.05) is 62.4 Å². The molecule has 1 aliphatic carbocycles. The molecule has 0 aliphatic heterocycles. The Morgan fingerprint density at radius 3 is 2.11 bits per heavy atom. The van der Waals surface area contributed by atoms with E-state index in [0.717, 1.165) is 22.3 Å². The third kappa shape index (κ3) is 4.11. The van der Waals surface area contributed by atoms with Gasteiger partial charge in [-0.3, -0.25) is 10.0 Å². The van der Waals surface area contributed by atoms with Crippen molar-refractivity contribution >= 4 is 12.0 Å². The fourth-order valence-corrected chi connectivity index (χ4v) is 3.56. The quantitative estimate of drug-likeness (QED) is 0.538. The number of amides is 2. The highest BCUT2D eigenvalue weighted by Crippen LogP contribution is 2.44. The van der Waals surface area contributed by atoms with Crippen LogP contribution in [0.1, 0.15) is 37.3 Å². The molecule has 1 atom stereocenters. The van der Waals surface area contributed by atoms with E-state index in [9.17, 15) is 9.59 Å². The van der Waals surface area contributed by atoms with Crippen molar-refractivity contribution in [3.63, 3.8) is 0 Å². The summed E-state index contributed by atoms with van der Waals surface area (Å²) in [5.74, 6) is -0.531. The SMILES string of the molecule is CC(C)CC(NC(=O)OCC1c2ccccc2-c2ccccc21)C(=O)NO. The number of hydrogen-bond donors (Lipinski definition) is 3. The Kier molecular flexibility index (Phi) is 5.76. The van der Waals surface area contributed by atoms with Gasteiger partial charge in [-0.05, 0) is 34.6 Å². The Morgan fingerprint density at radius 1 is 1.04 bits per heavy atom. The fourth-order valence-electron chi connectivity index (χ4n) is 3.56. The van der Waals surface area contributed by atoms with E-state index in [1.165, 1.54) is 0 Å². The number of carbonyl (C=O) groups is 2. The molecule has 0 saturated carbocycles. The summed E-state index contributed by atoms with van der Waals surface area (Å²) in [6, 6.07) is 15.3. The van der Waals surface area contributed by atoms with Gasteiger partial charge in [0, 0.05) is 5.92 Å². The fraction of sp³-hybridized carbons (Fsp3) is 0.333. The molecule has 3 rings (SSSR count). The minimum absolute atomic E-state index is 0.0432. The lowest BCUT2D eigenvalue weighted by molar-refractivity contribution is -0.131. The van der Waals surface area contributed by atoms with Crippen LogP contribution in [0.3, 0.4) is 0 Å². The molecule has 1 unspecified atom stereocenters. The van der Waals surface area contributed by atoms with Crippen molar-refractivity contribution < 1.29 is 19.5 Å². The second-order valence-corrected chi connectivity index (χ2v) is 7.13. The highest BCUT2D eigenvalue weighted by molar-refractivity contribution is 5.85. The molecule has 0 fully saturated rings. The molecule has 2 aromatic carbocycles. The van der Waals surface area contributed by atoms with E-state index < -0.39 is 18.0 Å².